The molecule has 3 nitrogen and oxygen atoms in total. The van der Waals surface area contributed by atoms with E-state index in [2.05, 4.69) is 0 Å². The van der Waals surface area contributed by atoms with Crippen molar-refractivity contribution in [2.45, 2.75) is 26.7 Å². The Labute approximate surface area is 115 Å². The van der Waals surface area contributed by atoms with Crippen molar-refractivity contribution in [3.05, 3.63) is 26.8 Å². The molecule has 1 aromatic heterocycles. The van der Waals surface area contributed by atoms with Crippen molar-refractivity contribution in [1.82, 2.24) is 4.90 Å². The maximum absolute atomic E-state index is 12.1. The third kappa shape index (κ3) is 2.84. The van der Waals surface area contributed by atoms with Crippen molar-refractivity contribution in [3.63, 3.8) is 0 Å². The van der Waals surface area contributed by atoms with Gasteiger partial charge in [-0.1, -0.05) is 13.3 Å². The number of unbranched alkanes of at least 4 members (excludes halogenated alkanes) is 1. The molecule has 0 bridgehead atoms. The van der Waals surface area contributed by atoms with Gasteiger partial charge in [0.15, 0.2) is 0 Å². The van der Waals surface area contributed by atoms with Crippen LogP contribution in [-0.2, 0) is 4.79 Å². The lowest BCUT2D eigenvalue weighted by atomic mass is 10.3. The van der Waals surface area contributed by atoms with Crippen LogP contribution in [0.2, 0.25) is 0 Å². The molecular weight excluding hydrogens is 266 g/mol. The number of carbonyl (C=O) groups is 2. The molecule has 0 atom stereocenters. The zero-order valence-corrected chi connectivity index (χ0v) is 12.1. The topological polar surface area (TPSA) is 37.4 Å². The number of amides is 2. The molecule has 96 valence electrons. The second-order valence-electron chi connectivity index (χ2n) is 4.14. The molecule has 1 fully saturated rings. The summed E-state index contributed by atoms with van der Waals surface area (Å²) in [6.07, 6.45) is 3.66. The molecule has 0 unspecified atom stereocenters. The van der Waals surface area contributed by atoms with Crippen LogP contribution in [0.5, 0.6) is 0 Å². The average molecular weight is 281 g/mol. The Morgan fingerprint density at radius 2 is 2.11 bits per heavy atom. The number of thiophene rings is 1. The minimum Gasteiger partial charge on any atom is -0.268 e. The summed E-state index contributed by atoms with van der Waals surface area (Å²) in [5.74, 6) is -0.149. The van der Waals surface area contributed by atoms with Crippen LogP contribution >= 0.6 is 23.1 Å². The Morgan fingerprint density at radius 3 is 2.72 bits per heavy atom. The number of aryl methyl sites for hydroxylation is 1. The number of hydrogen-bond acceptors (Lipinski definition) is 4. The summed E-state index contributed by atoms with van der Waals surface area (Å²) in [7, 11) is 0. The molecule has 5 heteroatoms. The fourth-order valence-corrected chi connectivity index (χ4v) is 3.42. The molecule has 2 rings (SSSR count). The van der Waals surface area contributed by atoms with Gasteiger partial charge in [-0.2, -0.15) is 0 Å². The Balaban J connectivity index is 2.14. The Kier molecular flexibility index (Phi) is 4.24. The fraction of sp³-hybridized carbons (Fsp3) is 0.385. The number of thioether (sulfide) groups is 1. The zero-order chi connectivity index (χ0) is 13.1. The molecule has 1 aliphatic heterocycles. The Morgan fingerprint density at radius 1 is 1.33 bits per heavy atom. The largest absolute Gasteiger partial charge is 0.293 e. The third-order valence-corrected chi connectivity index (χ3v) is 4.50. The molecule has 0 aliphatic carbocycles. The van der Waals surface area contributed by atoms with Crippen LogP contribution in [-0.4, -0.2) is 22.6 Å². The smallest absolute Gasteiger partial charge is 0.268 e. The molecule has 0 saturated carbocycles. The molecular formula is C13H15NO2S2. The van der Waals surface area contributed by atoms with E-state index in [0.29, 0.717) is 11.4 Å². The van der Waals surface area contributed by atoms with Gasteiger partial charge in [-0.3, -0.25) is 14.5 Å². The first-order valence-electron chi connectivity index (χ1n) is 5.93. The quantitative estimate of drug-likeness (QED) is 0.786. The van der Waals surface area contributed by atoms with Gasteiger partial charge in [0.2, 0.25) is 0 Å². The predicted octanol–water partition coefficient (Wildman–Crippen LogP) is 3.89. The normalized spacial score (nSPS) is 18.1. The van der Waals surface area contributed by atoms with Crippen molar-refractivity contribution >= 4 is 40.3 Å². The molecule has 1 aliphatic rings. The number of carbonyl (C=O) groups excluding carboxylic acids is 2. The lowest BCUT2D eigenvalue weighted by molar-refractivity contribution is -0.122. The highest BCUT2D eigenvalue weighted by Gasteiger charge is 2.34. The first-order chi connectivity index (χ1) is 8.61. The van der Waals surface area contributed by atoms with Gasteiger partial charge in [-0.25, -0.2) is 0 Å². The summed E-state index contributed by atoms with van der Waals surface area (Å²) in [6.45, 7) is 4.60. The maximum Gasteiger partial charge on any atom is 0.293 e. The van der Waals surface area contributed by atoms with Crippen molar-refractivity contribution in [1.29, 1.82) is 0 Å². The highest BCUT2D eigenvalue weighted by molar-refractivity contribution is 8.18. The number of nitrogens with zero attached hydrogens (tertiary/aromatic N) is 1. The SMILES string of the molecule is CCCCN1C(=O)S/C(=C\c2ccc(C)s2)C1=O. The van der Waals surface area contributed by atoms with Crippen LogP contribution in [0.15, 0.2) is 17.0 Å². The molecule has 1 aromatic rings. The average Bonchev–Trinajstić information content (AvgIpc) is 2.84. The molecule has 0 aromatic carbocycles. The van der Waals surface area contributed by atoms with E-state index in [0.717, 1.165) is 29.5 Å². The highest BCUT2D eigenvalue weighted by atomic mass is 32.2. The van der Waals surface area contributed by atoms with Gasteiger partial charge in [0.25, 0.3) is 11.1 Å². The second kappa shape index (κ2) is 5.71. The standard InChI is InChI=1S/C13H15NO2S2/c1-3-4-7-14-12(15)11(18-13(14)16)8-10-6-5-9(2)17-10/h5-6,8H,3-4,7H2,1-2H3/b11-8-. The van der Waals surface area contributed by atoms with Gasteiger partial charge < -0.3 is 0 Å². The van der Waals surface area contributed by atoms with Gasteiger partial charge >= 0.3 is 0 Å². The van der Waals surface area contributed by atoms with Gasteiger partial charge in [-0.15, -0.1) is 11.3 Å². The van der Waals surface area contributed by atoms with Crippen LogP contribution in [0.25, 0.3) is 6.08 Å². The summed E-state index contributed by atoms with van der Waals surface area (Å²) >= 11 is 2.67. The summed E-state index contributed by atoms with van der Waals surface area (Å²) < 4.78 is 0. The monoisotopic (exact) mass is 281 g/mol. The molecule has 2 heterocycles. The van der Waals surface area contributed by atoms with Crippen LogP contribution < -0.4 is 0 Å². The molecule has 1 saturated heterocycles. The van der Waals surface area contributed by atoms with Crippen LogP contribution in [0.4, 0.5) is 4.79 Å². The minimum atomic E-state index is -0.149. The van der Waals surface area contributed by atoms with E-state index in [9.17, 15) is 9.59 Å². The number of hydrogen-bond donors (Lipinski definition) is 0. The molecule has 0 spiro atoms. The Bertz CT molecular complexity index is 505. The van der Waals surface area contributed by atoms with E-state index in [4.69, 9.17) is 0 Å². The second-order valence-corrected chi connectivity index (χ2v) is 6.45. The van der Waals surface area contributed by atoms with Crippen molar-refractivity contribution < 1.29 is 9.59 Å². The minimum absolute atomic E-state index is 0.145. The predicted molar refractivity (Wildman–Crippen MR) is 76.6 cm³/mol. The van der Waals surface area contributed by atoms with Gasteiger partial charge in [0.05, 0.1) is 4.91 Å². The van der Waals surface area contributed by atoms with Crippen molar-refractivity contribution in [2.24, 2.45) is 0 Å². The molecule has 0 N–H and O–H groups in total. The van der Waals surface area contributed by atoms with Crippen LogP contribution in [0.3, 0.4) is 0 Å². The lowest BCUT2D eigenvalue weighted by Crippen LogP contribution is -2.29. The Hall–Kier alpha value is -1.07. The van der Waals surface area contributed by atoms with Gasteiger partial charge in [0, 0.05) is 16.3 Å². The van der Waals surface area contributed by atoms with Gasteiger partial charge in [0.1, 0.15) is 0 Å². The molecule has 2 amide bonds. The van der Waals surface area contributed by atoms with E-state index < -0.39 is 0 Å². The first-order valence-corrected chi connectivity index (χ1v) is 7.57. The summed E-state index contributed by atoms with van der Waals surface area (Å²) in [4.78, 5) is 27.9. The first kappa shape index (κ1) is 13.4. The van der Waals surface area contributed by atoms with Crippen LogP contribution in [0.1, 0.15) is 29.5 Å². The lowest BCUT2D eigenvalue weighted by Gasteiger charge is -2.10. The van der Waals surface area contributed by atoms with Crippen molar-refractivity contribution in [2.75, 3.05) is 6.54 Å². The molecule has 18 heavy (non-hydrogen) atoms. The number of imide groups is 1. The molecule has 0 radical (unpaired) electrons. The fourth-order valence-electron chi connectivity index (χ4n) is 1.67. The van der Waals surface area contributed by atoms with Crippen LogP contribution in [0, 0.1) is 6.92 Å². The van der Waals surface area contributed by atoms with E-state index >= 15 is 0 Å². The summed E-state index contributed by atoms with van der Waals surface area (Å²) in [5.41, 5.74) is 0. The van der Waals surface area contributed by atoms with E-state index in [1.165, 1.54) is 9.78 Å². The third-order valence-electron chi connectivity index (χ3n) is 2.64. The highest BCUT2D eigenvalue weighted by Crippen LogP contribution is 2.33. The maximum atomic E-state index is 12.1. The van der Waals surface area contributed by atoms with E-state index in [1.807, 2.05) is 32.1 Å². The van der Waals surface area contributed by atoms with E-state index in [1.54, 1.807) is 11.3 Å². The summed E-state index contributed by atoms with van der Waals surface area (Å²) in [6, 6.07) is 3.98. The van der Waals surface area contributed by atoms with Crippen molar-refractivity contribution in [3.8, 4) is 0 Å². The zero-order valence-electron chi connectivity index (χ0n) is 10.4. The summed E-state index contributed by atoms with van der Waals surface area (Å²) in [5, 5.41) is -0.145. The van der Waals surface area contributed by atoms with E-state index in [-0.39, 0.29) is 11.1 Å². The van der Waals surface area contributed by atoms with Gasteiger partial charge in [-0.05, 0) is 43.3 Å². The number of rotatable bonds is 4.